The maximum absolute atomic E-state index is 14.1. The average molecular weight is 426 g/mol. The first-order valence-corrected chi connectivity index (χ1v) is 9.35. The van der Waals surface area contributed by atoms with E-state index in [4.69, 9.17) is 0 Å². The van der Waals surface area contributed by atoms with Crippen molar-refractivity contribution >= 4 is 6.03 Å². The van der Waals surface area contributed by atoms with E-state index in [1.807, 2.05) is 0 Å². The Morgan fingerprint density at radius 1 is 0.733 bits per heavy atom. The van der Waals surface area contributed by atoms with Crippen LogP contribution in [0.15, 0.2) is 36.4 Å². The van der Waals surface area contributed by atoms with Crippen molar-refractivity contribution in [1.82, 2.24) is 20.4 Å². The van der Waals surface area contributed by atoms with Gasteiger partial charge in [-0.3, -0.25) is 0 Å². The molecule has 5 nitrogen and oxygen atoms in total. The van der Waals surface area contributed by atoms with Crippen LogP contribution in [0, 0.1) is 23.3 Å². The van der Waals surface area contributed by atoms with E-state index in [-0.39, 0.29) is 24.2 Å². The summed E-state index contributed by atoms with van der Waals surface area (Å²) in [5, 5.41) is 5.12. The van der Waals surface area contributed by atoms with Crippen LogP contribution in [-0.2, 0) is 0 Å². The van der Waals surface area contributed by atoms with Gasteiger partial charge in [0, 0.05) is 24.2 Å². The van der Waals surface area contributed by atoms with Gasteiger partial charge in [0.1, 0.15) is 23.3 Å². The monoisotopic (exact) mass is 426 g/mol. The molecule has 2 N–H and O–H groups in total. The highest BCUT2D eigenvalue weighted by Gasteiger charge is 2.25. The van der Waals surface area contributed by atoms with Gasteiger partial charge in [0.25, 0.3) is 0 Å². The van der Waals surface area contributed by atoms with Gasteiger partial charge in [-0.1, -0.05) is 12.1 Å². The van der Waals surface area contributed by atoms with Crippen molar-refractivity contribution < 1.29 is 22.4 Å². The van der Waals surface area contributed by atoms with E-state index in [0.29, 0.717) is 0 Å². The van der Waals surface area contributed by atoms with Gasteiger partial charge in [0.2, 0.25) is 0 Å². The molecule has 0 saturated heterocycles. The highest BCUT2D eigenvalue weighted by Crippen LogP contribution is 2.25. The maximum Gasteiger partial charge on any atom is 0.314 e. The largest absolute Gasteiger partial charge is 0.336 e. The van der Waals surface area contributed by atoms with Gasteiger partial charge >= 0.3 is 6.03 Å². The number of urea groups is 1. The van der Waals surface area contributed by atoms with E-state index in [0.717, 1.165) is 24.3 Å². The molecule has 0 bridgehead atoms. The van der Waals surface area contributed by atoms with Crippen LogP contribution in [0.25, 0.3) is 0 Å². The molecule has 0 fully saturated rings. The van der Waals surface area contributed by atoms with E-state index < -0.39 is 41.4 Å². The fourth-order valence-corrected chi connectivity index (χ4v) is 3.19. The van der Waals surface area contributed by atoms with Crippen molar-refractivity contribution in [2.75, 3.05) is 41.3 Å². The van der Waals surface area contributed by atoms with Crippen molar-refractivity contribution in [2.24, 2.45) is 0 Å². The molecule has 9 heteroatoms. The van der Waals surface area contributed by atoms with Gasteiger partial charge in [0.15, 0.2) is 0 Å². The average Bonchev–Trinajstić information content (AvgIpc) is 2.65. The fourth-order valence-electron chi connectivity index (χ4n) is 3.19. The summed E-state index contributed by atoms with van der Waals surface area (Å²) in [5.74, 6) is -2.84. The third-order valence-electron chi connectivity index (χ3n) is 4.82. The second-order valence-corrected chi connectivity index (χ2v) is 7.32. The van der Waals surface area contributed by atoms with Crippen LogP contribution in [0.1, 0.15) is 23.2 Å². The summed E-state index contributed by atoms with van der Waals surface area (Å²) in [5.41, 5.74) is -0.301. The Morgan fingerprint density at radius 3 is 1.30 bits per heavy atom. The number of hydrogen-bond donors (Lipinski definition) is 2. The van der Waals surface area contributed by atoms with Gasteiger partial charge < -0.3 is 20.4 Å². The molecular weight excluding hydrogens is 400 g/mol. The van der Waals surface area contributed by atoms with Crippen LogP contribution in [0.3, 0.4) is 0 Å². The van der Waals surface area contributed by atoms with Crippen LogP contribution >= 0.6 is 0 Å². The molecule has 0 spiro atoms. The summed E-state index contributed by atoms with van der Waals surface area (Å²) in [6.45, 7) is -0.144. The zero-order chi connectivity index (χ0) is 22.4. The number of carbonyl (C=O) groups is 1. The minimum absolute atomic E-state index is 0.0720. The number of benzene rings is 2. The number of amides is 2. The molecule has 164 valence electrons. The molecule has 0 aromatic heterocycles. The van der Waals surface area contributed by atoms with Crippen molar-refractivity contribution in [3.05, 3.63) is 70.8 Å². The van der Waals surface area contributed by atoms with Gasteiger partial charge in [0.05, 0.1) is 12.1 Å². The molecule has 0 radical (unpaired) electrons. The van der Waals surface area contributed by atoms with Gasteiger partial charge in [-0.25, -0.2) is 22.4 Å². The lowest BCUT2D eigenvalue weighted by Gasteiger charge is -2.27. The molecule has 2 atom stereocenters. The Morgan fingerprint density at radius 2 is 1.03 bits per heavy atom. The number of carbonyl (C=O) groups excluding carboxylic acids is 1. The number of nitrogens with zero attached hydrogens (tertiary/aromatic N) is 2. The molecule has 0 aliphatic rings. The molecule has 0 aliphatic heterocycles. The summed E-state index contributed by atoms with van der Waals surface area (Å²) < 4.78 is 56.5. The number of hydrogen-bond acceptors (Lipinski definition) is 3. The quantitative estimate of drug-likeness (QED) is 0.636. The summed E-state index contributed by atoms with van der Waals surface area (Å²) in [7, 11) is 6.55. The Kier molecular flexibility index (Phi) is 8.19. The second kappa shape index (κ2) is 10.4. The van der Waals surface area contributed by atoms with Gasteiger partial charge in [-0.05, 0) is 52.5 Å². The first kappa shape index (κ1) is 23.6. The van der Waals surface area contributed by atoms with Crippen LogP contribution in [-0.4, -0.2) is 57.1 Å². The molecule has 2 unspecified atom stereocenters. The minimum atomic E-state index is -0.745. The SMILES string of the molecule is CN(C)C(CNC(=O)NCC(c1c(F)cccc1F)N(C)C)c1c(F)cccc1F. The Balaban J connectivity index is 2.05. The lowest BCUT2D eigenvalue weighted by atomic mass is 10.0. The number of rotatable bonds is 8. The lowest BCUT2D eigenvalue weighted by molar-refractivity contribution is 0.222. The first-order valence-electron chi connectivity index (χ1n) is 9.35. The minimum Gasteiger partial charge on any atom is -0.336 e. The fraction of sp³-hybridized carbons (Fsp3) is 0.381. The Bertz CT molecular complexity index is 766. The van der Waals surface area contributed by atoms with Crippen LogP contribution in [0.5, 0.6) is 0 Å². The summed E-state index contributed by atoms with van der Waals surface area (Å²) in [6.07, 6.45) is 0. The van der Waals surface area contributed by atoms with E-state index in [2.05, 4.69) is 10.6 Å². The third kappa shape index (κ3) is 5.70. The smallest absolute Gasteiger partial charge is 0.314 e. The van der Waals surface area contributed by atoms with Crippen molar-refractivity contribution in [3.8, 4) is 0 Å². The number of likely N-dealkylation sites (N-methyl/N-ethyl adjacent to an activating group) is 2. The summed E-state index contributed by atoms with van der Waals surface area (Å²) in [6, 6.07) is 5.03. The zero-order valence-corrected chi connectivity index (χ0v) is 17.3. The normalized spacial score (nSPS) is 13.4. The topological polar surface area (TPSA) is 47.6 Å². The molecule has 2 amide bonds. The van der Waals surface area contributed by atoms with E-state index in [1.54, 1.807) is 38.0 Å². The summed E-state index contributed by atoms with van der Waals surface area (Å²) in [4.78, 5) is 15.4. The highest BCUT2D eigenvalue weighted by atomic mass is 19.1. The van der Waals surface area contributed by atoms with Crippen LogP contribution in [0.2, 0.25) is 0 Å². The van der Waals surface area contributed by atoms with E-state index in [9.17, 15) is 22.4 Å². The highest BCUT2D eigenvalue weighted by molar-refractivity contribution is 5.74. The lowest BCUT2D eigenvalue weighted by Crippen LogP contribution is -2.43. The predicted octanol–water partition coefficient (Wildman–Crippen LogP) is 3.45. The Labute approximate surface area is 173 Å². The summed E-state index contributed by atoms with van der Waals surface area (Å²) >= 11 is 0. The molecule has 0 saturated carbocycles. The molecule has 2 aromatic rings. The van der Waals surface area contributed by atoms with E-state index in [1.165, 1.54) is 12.1 Å². The molecule has 0 heterocycles. The molecule has 2 rings (SSSR count). The van der Waals surface area contributed by atoms with Gasteiger partial charge in [-0.2, -0.15) is 0 Å². The van der Waals surface area contributed by atoms with Crippen molar-refractivity contribution in [1.29, 1.82) is 0 Å². The molecule has 30 heavy (non-hydrogen) atoms. The van der Waals surface area contributed by atoms with Crippen molar-refractivity contribution in [3.63, 3.8) is 0 Å². The predicted molar refractivity (Wildman–Crippen MR) is 107 cm³/mol. The maximum atomic E-state index is 14.1. The van der Waals surface area contributed by atoms with E-state index >= 15 is 0 Å². The second-order valence-electron chi connectivity index (χ2n) is 7.32. The Hall–Kier alpha value is -2.65. The number of nitrogens with one attached hydrogen (secondary N) is 2. The molecule has 2 aromatic carbocycles. The molecular formula is C21H26F4N4O. The van der Waals surface area contributed by atoms with Crippen LogP contribution < -0.4 is 10.6 Å². The standard InChI is InChI=1S/C21H26F4N4O/c1-28(2)17(19-13(22)7-5-8-14(19)23)11-26-21(30)27-12-18(29(3)4)20-15(24)9-6-10-16(20)25/h5-10,17-18H,11-12H2,1-4H3,(H2,26,27,30). The third-order valence-corrected chi connectivity index (χ3v) is 4.82. The van der Waals surface area contributed by atoms with Crippen molar-refractivity contribution in [2.45, 2.75) is 12.1 Å². The van der Waals surface area contributed by atoms with Crippen LogP contribution in [0.4, 0.5) is 22.4 Å². The number of halogens is 4. The van der Waals surface area contributed by atoms with Gasteiger partial charge in [-0.15, -0.1) is 0 Å². The first-order chi connectivity index (χ1) is 14.1. The zero-order valence-electron chi connectivity index (χ0n) is 17.3. The molecule has 0 aliphatic carbocycles.